The van der Waals surface area contributed by atoms with Crippen molar-refractivity contribution < 1.29 is 28.5 Å². The minimum Gasteiger partial charge on any atom is -0.493 e. The van der Waals surface area contributed by atoms with E-state index in [9.17, 15) is 13.9 Å². The second-order valence-electron chi connectivity index (χ2n) is 10.8. The summed E-state index contributed by atoms with van der Waals surface area (Å²) in [6.07, 6.45) is 10.1. The number of terminal acetylenes is 1. The van der Waals surface area contributed by atoms with Crippen LogP contribution in [0, 0.1) is 18.3 Å². The summed E-state index contributed by atoms with van der Waals surface area (Å²) in [5.41, 5.74) is 6.95. The van der Waals surface area contributed by atoms with Crippen LogP contribution in [0.4, 0.5) is 0 Å². The molecule has 6 nitrogen and oxygen atoms in total. The first kappa shape index (κ1) is 28.1. The summed E-state index contributed by atoms with van der Waals surface area (Å²) >= 11 is 0. The molecule has 40 heavy (non-hydrogen) atoms. The molecule has 3 N–H and O–H groups in total. The van der Waals surface area contributed by atoms with E-state index in [2.05, 4.69) is 36.3 Å². The first-order valence-electron chi connectivity index (χ1n) is 13.8. The molecule has 1 aliphatic heterocycles. The first-order chi connectivity index (χ1) is 19.3. The molecule has 0 saturated carbocycles. The summed E-state index contributed by atoms with van der Waals surface area (Å²) in [5.74, 6) is 4.08. The van der Waals surface area contributed by atoms with Crippen LogP contribution < -0.4 is 9.47 Å². The fourth-order valence-corrected chi connectivity index (χ4v) is 7.16. The quantitative estimate of drug-likeness (QED) is 0.241. The molecule has 3 aromatic carbocycles. The number of carboxylic acid groups (broad SMARTS) is 1. The van der Waals surface area contributed by atoms with Gasteiger partial charge in [0.2, 0.25) is 0 Å². The minimum absolute atomic E-state index is 0.0992. The van der Waals surface area contributed by atoms with Crippen LogP contribution in [0.2, 0.25) is 0 Å². The highest BCUT2D eigenvalue weighted by Gasteiger charge is 2.24. The largest absolute Gasteiger partial charge is 0.493 e. The van der Waals surface area contributed by atoms with Gasteiger partial charge in [0, 0.05) is 11.5 Å². The second-order valence-corrected chi connectivity index (χ2v) is 13.2. The van der Waals surface area contributed by atoms with Crippen LogP contribution in [-0.4, -0.2) is 38.3 Å². The number of rotatable bonds is 9. The van der Waals surface area contributed by atoms with Crippen molar-refractivity contribution in [3.8, 4) is 35.0 Å². The Bertz CT molecular complexity index is 1380. The Morgan fingerprint density at radius 2 is 1.65 bits per heavy atom. The lowest BCUT2D eigenvalue weighted by molar-refractivity contribution is -0.137. The van der Waals surface area contributed by atoms with E-state index in [1.54, 1.807) is 0 Å². The standard InChI is InChI=1S/C33H36O6S/c1-2-25(20-33(34)35)26-8-10-29(11-9-26)38-22-24-6-7-27-4-3-5-28-19-30(12-13-31(28)32(27)18-24)39-21-23-14-16-40(36,37)17-15-23/h1,6-13,18-19,23,25,36-37H,3-5,14-17,20-22H2,(H,34,35)/t25-/m0/s1. The van der Waals surface area contributed by atoms with Gasteiger partial charge >= 0.3 is 5.97 Å². The third kappa shape index (κ3) is 7.00. The summed E-state index contributed by atoms with van der Waals surface area (Å²) in [7, 11) is -2.37. The molecule has 7 heteroatoms. The van der Waals surface area contributed by atoms with Crippen molar-refractivity contribution in [1.29, 1.82) is 0 Å². The summed E-state index contributed by atoms with van der Waals surface area (Å²) in [5, 5.41) is 9.07. The van der Waals surface area contributed by atoms with Gasteiger partial charge in [0.05, 0.1) is 18.9 Å². The van der Waals surface area contributed by atoms with Crippen molar-refractivity contribution in [1.82, 2.24) is 0 Å². The summed E-state index contributed by atoms with van der Waals surface area (Å²) in [6, 6.07) is 20.2. The number of carbonyl (C=O) groups is 1. The lowest BCUT2D eigenvalue weighted by Crippen LogP contribution is -2.24. The Hall–Kier alpha value is -3.44. The molecule has 1 aliphatic carbocycles. The third-order valence-electron chi connectivity index (χ3n) is 7.89. The fraction of sp³-hybridized carbons (Fsp3) is 0.364. The molecule has 5 rings (SSSR count). The fourth-order valence-electron chi connectivity index (χ4n) is 5.53. The van der Waals surface area contributed by atoms with E-state index in [-0.39, 0.29) is 6.42 Å². The van der Waals surface area contributed by atoms with Crippen LogP contribution in [0.5, 0.6) is 11.5 Å². The molecular formula is C33H36O6S. The van der Waals surface area contributed by atoms with Crippen molar-refractivity contribution in [2.24, 2.45) is 5.92 Å². The van der Waals surface area contributed by atoms with E-state index >= 15 is 0 Å². The maximum absolute atomic E-state index is 11.1. The number of hydrogen-bond acceptors (Lipinski definition) is 5. The van der Waals surface area contributed by atoms with E-state index in [1.165, 1.54) is 22.3 Å². The number of hydrogen-bond donors (Lipinski definition) is 3. The van der Waals surface area contributed by atoms with Gasteiger partial charge in [-0.2, -0.15) is 10.6 Å². The smallest absolute Gasteiger partial charge is 0.304 e. The van der Waals surface area contributed by atoms with Crippen molar-refractivity contribution in [3.05, 3.63) is 82.9 Å². The highest BCUT2D eigenvalue weighted by atomic mass is 32.3. The summed E-state index contributed by atoms with van der Waals surface area (Å²) < 4.78 is 31.9. The molecule has 1 fully saturated rings. The van der Waals surface area contributed by atoms with Crippen LogP contribution in [0.1, 0.15) is 53.9 Å². The van der Waals surface area contributed by atoms with E-state index in [1.807, 2.05) is 30.3 Å². The van der Waals surface area contributed by atoms with Gasteiger partial charge in [-0.25, -0.2) is 0 Å². The zero-order valence-electron chi connectivity index (χ0n) is 22.6. The molecule has 0 unspecified atom stereocenters. The number of ether oxygens (including phenoxy) is 2. The number of fused-ring (bicyclic) bond motifs is 3. The van der Waals surface area contributed by atoms with Crippen molar-refractivity contribution in [2.45, 2.75) is 51.0 Å². The topological polar surface area (TPSA) is 96.2 Å². The van der Waals surface area contributed by atoms with Crippen LogP contribution in [-0.2, 0) is 24.2 Å². The maximum atomic E-state index is 11.1. The average Bonchev–Trinajstić information content (AvgIpc) is 3.13. The van der Waals surface area contributed by atoms with E-state index in [4.69, 9.17) is 21.0 Å². The molecule has 1 atom stereocenters. The number of carboxylic acids is 1. The minimum atomic E-state index is -2.37. The molecule has 0 radical (unpaired) electrons. The number of benzene rings is 3. The third-order valence-corrected chi connectivity index (χ3v) is 9.67. The van der Waals surface area contributed by atoms with Gasteiger partial charge in [-0.15, -0.1) is 6.42 Å². The Morgan fingerprint density at radius 3 is 2.38 bits per heavy atom. The Morgan fingerprint density at radius 1 is 0.925 bits per heavy atom. The molecule has 1 saturated heterocycles. The highest BCUT2D eigenvalue weighted by molar-refractivity contribution is 8.24. The molecule has 0 spiro atoms. The molecule has 3 aromatic rings. The molecular weight excluding hydrogens is 524 g/mol. The Kier molecular flexibility index (Phi) is 8.70. The van der Waals surface area contributed by atoms with Gasteiger partial charge in [0.25, 0.3) is 0 Å². The molecule has 0 amide bonds. The maximum Gasteiger partial charge on any atom is 0.304 e. The van der Waals surface area contributed by atoms with Gasteiger partial charge in [0.15, 0.2) is 0 Å². The molecule has 0 aromatic heterocycles. The predicted molar refractivity (Wildman–Crippen MR) is 159 cm³/mol. The van der Waals surface area contributed by atoms with Gasteiger partial charge in [-0.1, -0.05) is 36.3 Å². The van der Waals surface area contributed by atoms with E-state index in [0.717, 1.165) is 49.0 Å². The SMILES string of the molecule is C#C[C@@H](CC(=O)O)c1ccc(OCc2ccc3c(c2)-c2ccc(OCC4CCS(O)(O)CC4)cc2CCC3)cc1. The monoisotopic (exact) mass is 560 g/mol. The molecule has 210 valence electrons. The predicted octanol–water partition coefficient (Wildman–Crippen LogP) is 7.15. The van der Waals surface area contributed by atoms with Gasteiger partial charge in [0.1, 0.15) is 18.1 Å². The van der Waals surface area contributed by atoms with E-state index in [0.29, 0.717) is 36.4 Å². The van der Waals surface area contributed by atoms with Gasteiger partial charge < -0.3 is 14.6 Å². The van der Waals surface area contributed by atoms with Crippen LogP contribution >= 0.6 is 10.6 Å². The lowest BCUT2D eigenvalue weighted by atomic mass is 9.95. The van der Waals surface area contributed by atoms with Crippen molar-refractivity contribution in [2.75, 3.05) is 18.1 Å². The first-order valence-corrected chi connectivity index (χ1v) is 15.7. The normalized spacial score (nSPS) is 17.8. The van der Waals surface area contributed by atoms with Gasteiger partial charge in [-0.3, -0.25) is 13.9 Å². The lowest BCUT2D eigenvalue weighted by Gasteiger charge is -2.39. The molecule has 2 aliphatic rings. The van der Waals surface area contributed by atoms with Crippen molar-refractivity contribution in [3.63, 3.8) is 0 Å². The number of aliphatic carboxylic acids is 1. The average molecular weight is 561 g/mol. The highest BCUT2D eigenvalue weighted by Crippen LogP contribution is 2.45. The van der Waals surface area contributed by atoms with Crippen LogP contribution in [0.25, 0.3) is 11.1 Å². The van der Waals surface area contributed by atoms with Crippen LogP contribution in [0.3, 0.4) is 0 Å². The zero-order valence-corrected chi connectivity index (χ0v) is 23.4. The van der Waals surface area contributed by atoms with Gasteiger partial charge in [-0.05, 0) is 102 Å². The molecule has 0 bridgehead atoms. The zero-order chi connectivity index (χ0) is 28.1. The molecule has 1 heterocycles. The number of aryl methyl sites for hydroxylation is 2. The van der Waals surface area contributed by atoms with Crippen LogP contribution in [0.15, 0.2) is 60.7 Å². The van der Waals surface area contributed by atoms with E-state index < -0.39 is 22.5 Å². The summed E-state index contributed by atoms with van der Waals surface area (Å²) in [6.45, 7) is 1.03. The Labute approximate surface area is 237 Å². The summed E-state index contributed by atoms with van der Waals surface area (Å²) in [4.78, 5) is 11.1. The Balaban J connectivity index is 1.24. The van der Waals surface area contributed by atoms with Crippen molar-refractivity contribution >= 4 is 16.6 Å². The second kappa shape index (κ2) is 12.4.